The summed E-state index contributed by atoms with van der Waals surface area (Å²) in [5.74, 6) is 1.14. The molecule has 1 saturated heterocycles. The largest absolute Gasteiger partial charge is 0.381 e. The van der Waals surface area contributed by atoms with Crippen molar-refractivity contribution in [3.8, 4) is 0 Å². The maximum absolute atomic E-state index is 13.6. The van der Waals surface area contributed by atoms with E-state index in [9.17, 15) is 9.18 Å². The number of carbonyl (C=O) groups excluding carboxylic acids is 1. The summed E-state index contributed by atoms with van der Waals surface area (Å²) in [6.07, 6.45) is 1.06. The normalized spacial score (nSPS) is 19.3. The number of nitrogens with two attached hydrogens (primary N) is 1. The molecule has 92 valence electrons. The second kappa shape index (κ2) is 4.96. The molecular weight excluding hydrogens is 239 g/mol. The third-order valence-electron chi connectivity index (χ3n) is 2.92. The number of benzene rings is 1. The van der Waals surface area contributed by atoms with Gasteiger partial charge >= 0.3 is 0 Å². The molecule has 2 rings (SSSR count). The Balaban J connectivity index is 2.27. The van der Waals surface area contributed by atoms with Crippen LogP contribution in [0.25, 0.3) is 0 Å². The SMILES string of the molecule is Cc1c(F)cc(C(N)=O)cc1NC1CCSC1. The minimum absolute atomic E-state index is 0.209. The van der Waals surface area contributed by atoms with Crippen molar-refractivity contribution >= 4 is 23.4 Å². The zero-order valence-electron chi connectivity index (χ0n) is 9.63. The zero-order chi connectivity index (χ0) is 12.4. The first-order valence-corrected chi connectivity index (χ1v) is 6.67. The van der Waals surface area contributed by atoms with Crippen LogP contribution in [0.3, 0.4) is 0 Å². The molecule has 0 aromatic heterocycles. The third kappa shape index (κ3) is 2.72. The summed E-state index contributed by atoms with van der Waals surface area (Å²) < 4.78 is 13.6. The Morgan fingerprint density at radius 3 is 2.94 bits per heavy atom. The fourth-order valence-corrected chi connectivity index (χ4v) is 2.99. The van der Waals surface area contributed by atoms with Crippen LogP contribution in [0.5, 0.6) is 0 Å². The smallest absolute Gasteiger partial charge is 0.248 e. The minimum atomic E-state index is -0.604. The van der Waals surface area contributed by atoms with Gasteiger partial charge in [0.15, 0.2) is 0 Å². The van der Waals surface area contributed by atoms with E-state index in [2.05, 4.69) is 5.32 Å². The number of hydrogen-bond acceptors (Lipinski definition) is 3. The van der Waals surface area contributed by atoms with Crippen LogP contribution in [0.15, 0.2) is 12.1 Å². The van der Waals surface area contributed by atoms with Crippen molar-refractivity contribution in [2.45, 2.75) is 19.4 Å². The quantitative estimate of drug-likeness (QED) is 0.869. The number of rotatable bonds is 3. The Bertz CT molecular complexity index is 444. The molecule has 1 aromatic carbocycles. The molecule has 1 atom stereocenters. The number of carbonyl (C=O) groups is 1. The van der Waals surface area contributed by atoms with E-state index in [1.54, 1.807) is 13.0 Å². The standard InChI is InChI=1S/C12H15FN2OS/c1-7-10(13)4-8(12(14)16)5-11(7)15-9-2-3-17-6-9/h4-5,9,15H,2-3,6H2,1H3,(H2,14,16). The Morgan fingerprint density at radius 2 is 2.35 bits per heavy atom. The Morgan fingerprint density at radius 1 is 1.59 bits per heavy atom. The highest BCUT2D eigenvalue weighted by atomic mass is 32.2. The first-order valence-electron chi connectivity index (χ1n) is 5.52. The molecule has 1 aliphatic heterocycles. The summed E-state index contributed by atoms with van der Waals surface area (Å²) in [6.45, 7) is 1.70. The van der Waals surface area contributed by atoms with Gasteiger partial charge in [0.05, 0.1) is 0 Å². The Hall–Kier alpha value is -1.23. The maximum atomic E-state index is 13.6. The molecule has 0 radical (unpaired) electrons. The monoisotopic (exact) mass is 254 g/mol. The number of hydrogen-bond donors (Lipinski definition) is 2. The number of nitrogens with one attached hydrogen (secondary N) is 1. The van der Waals surface area contributed by atoms with Gasteiger partial charge < -0.3 is 11.1 Å². The summed E-state index contributed by atoms with van der Waals surface area (Å²) in [4.78, 5) is 11.1. The average molecular weight is 254 g/mol. The molecule has 1 heterocycles. The molecule has 0 spiro atoms. The van der Waals surface area contributed by atoms with E-state index in [1.165, 1.54) is 6.07 Å². The van der Waals surface area contributed by atoms with Crippen molar-refractivity contribution in [3.05, 3.63) is 29.1 Å². The molecule has 1 amide bonds. The van der Waals surface area contributed by atoms with Crippen molar-refractivity contribution in [1.29, 1.82) is 0 Å². The van der Waals surface area contributed by atoms with Gasteiger partial charge in [-0.1, -0.05) is 0 Å². The number of primary amides is 1. The van der Waals surface area contributed by atoms with Crippen molar-refractivity contribution < 1.29 is 9.18 Å². The van der Waals surface area contributed by atoms with Crippen LogP contribution in [-0.2, 0) is 0 Å². The van der Waals surface area contributed by atoms with E-state index in [-0.39, 0.29) is 5.56 Å². The van der Waals surface area contributed by atoms with Crippen LogP contribution >= 0.6 is 11.8 Å². The lowest BCUT2D eigenvalue weighted by atomic mass is 10.1. The van der Waals surface area contributed by atoms with Gasteiger partial charge in [-0.25, -0.2) is 4.39 Å². The Labute approximate surface area is 104 Å². The van der Waals surface area contributed by atoms with Gasteiger partial charge in [-0.15, -0.1) is 0 Å². The number of anilines is 1. The summed E-state index contributed by atoms with van der Waals surface area (Å²) in [7, 11) is 0. The van der Waals surface area contributed by atoms with Crippen molar-refractivity contribution in [2.75, 3.05) is 16.8 Å². The molecule has 17 heavy (non-hydrogen) atoms. The first-order chi connectivity index (χ1) is 8.08. The second-order valence-corrected chi connectivity index (χ2v) is 5.35. The molecule has 3 nitrogen and oxygen atoms in total. The van der Waals surface area contributed by atoms with Gasteiger partial charge in [0, 0.05) is 28.6 Å². The van der Waals surface area contributed by atoms with E-state index in [0.29, 0.717) is 17.3 Å². The van der Waals surface area contributed by atoms with Crippen molar-refractivity contribution in [2.24, 2.45) is 5.73 Å². The minimum Gasteiger partial charge on any atom is -0.381 e. The molecule has 0 aliphatic carbocycles. The van der Waals surface area contributed by atoms with Crippen LogP contribution in [0.2, 0.25) is 0 Å². The second-order valence-electron chi connectivity index (χ2n) is 4.20. The van der Waals surface area contributed by atoms with Gasteiger partial charge in [0.25, 0.3) is 0 Å². The lowest BCUT2D eigenvalue weighted by Gasteiger charge is -2.16. The highest BCUT2D eigenvalue weighted by molar-refractivity contribution is 7.99. The summed E-state index contributed by atoms with van der Waals surface area (Å²) in [6, 6.07) is 3.16. The Kier molecular flexibility index (Phi) is 3.57. The summed E-state index contributed by atoms with van der Waals surface area (Å²) in [5.41, 5.74) is 6.59. The molecule has 0 bridgehead atoms. The van der Waals surface area contributed by atoms with E-state index in [1.807, 2.05) is 11.8 Å². The first kappa shape index (κ1) is 12.2. The lowest BCUT2D eigenvalue weighted by Crippen LogP contribution is -2.20. The van der Waals surface area contributed by atoms with Crippen LogP contribution in [0.4, 0.5) is 10.1 Å². The lowest BCUT2D eigenvalue weighted by molar-refractivity contribution is 0.1000. The summed E-state index contributed by atoms with van der Waals surface area (Å²) in [5, 5.41) is 3.28. The molecule has 5 heteroatoms. The van der Waals surface area contributed by atoms with Crippen molar-refractivity contribution in [1.82, 2.24) is 0 Å². The fourth-order valence-electron chi connectivity index (χ4n) is 1.84. The van der Waals surface area contributed by atoms with E-state index < -0.39 is 11.7 Å². The van der Waals surface area contributed by atoms with Crippen LogP contribution in [0, 0.1) is 12.7 Å². The molecule has 1 aromatic rings. The average Bonchev–Trinajstić information content (AvgIpc) is 2.77. The molecule has 1 aliphatic rings. The molecule has 1 unspecified atom stereocenters. The van der Waals surface area contributed by atoms with Crippen LogP contribution in [-0.4, -0.2) is 23.5 Å². The van der Waals surface area contributed by atoms with Gasteiger partial charge in [0.1, 0.15) is 5.82 Å². The van der Waals surface area contributed by atoms with Gasteiger partial charge in [-0.3, -0.25) is 4.79 Å². The highest BCUT2D eigenvalue weighted by Gasteiger charge is 2.17. The fraction of sp³-hybridized carbons (Fsp3) is 0.417. The summed E-state index contributed by atoms with van der Waals surface area (Å²) >= 11 is 1.87. The maximum Gasteiger partial charge on any atom is 0.248 e. The third-order valence-corrected chi connectivity index (χ3v) is 4.08. The number of halogens is 1. The van der Waals surface area contributed by atoms with Gasteiger partial charge in [-0.2, -0.15) is 11.8 Å². The predicted molar refractivity (Wildman–Crippen MR) is 69.0 cm³/mol. The van der Waals surface area contributed by atoms with Gasteiger partial charge in [0.2, 0.25) is 5.91 Å². The number of amides is 1. The van der Waals surface area contributed by atoms with Crippen molar-refractivity contribution in [3.63, 3.8) is 0 Å². The molecular formula is C12H15FN2OS. The van der Waals surface area contributed by atoms with Crippen LogP contribution < -0.4 is 11.1 Å². The van der Waals surface area contributed by atoms with E-state index >= 15 is 0 Å². The zero-order valence-corrected chi connectivity index (χ0v) is 10.4. The topological polar surface area (TPSA) is 55.1 Å². The predicted octanol–water partition coefficient (Wildman–Crippen LogP) is 2.15. The number of thioether (sulfide) groups is 1. The molecule has 1 fully saturated rings. The molecule has 3 N–H and O–H groups in total. The van der Waals surface area contributed by atoms with E-state index in [0.717, 1.165) is 17.9 Å². The van der Waals surface area contributed by atoms with E-state index in [4.69, 9.17) is 5.73 Å². The van der Waals surface area contributed by atoms with Crippen LogP contribution in [0.1, 0.15) is 22.3 Å². The van der Waals surface area contributed by atoms with Gasteiger partial charge in [-0.05, 0) is 31.2 Å². The highest BCUT2D eigenvalue weighted by Crippen LogP contribution is 2.25. The molecule has 0 saturated carbocycles.